The summed E-state index contributed by atoms with van der Waals surface area (Å²) in [5.74, 6) is 10.3. The van der Waals surface area contributed by atoms with Gasteiger partial charge >= 0.3 is 0 Å². The van der Waals surface area contributed by atoms with Gasteiger partial charge in [0.2, 0.25) is 6.41 Å². The van der Waals surface area contributed by atoms with Crippen LogP contribution in [0.1, 0.15) is 23.6 Å². The number of carbonyl (C=O) groups excluding carboxylic acids is 1. The van der Waals surface area contributed by atoms with E-state index in [1.165, 1.54) is 16.7 Å². The lowest BCUT2D eigenvalue weighted by atomic mass is 10.0. The number of hydrogen-bond acceptors (Lipinski definition) is 4. The third kappa shape index (κ3) is 5.94. The van der Waals surface area contributed by atoms with Gasteiger partial charge < -0.3 is 5.01 Å². The maximum absolute atomic E-state index is 8.94. The van der Waals surface area contributed by atoms with E-state index < -0.39 is 0 Å². The van der Waals surface area contributed by atoms with E-state index in [0.717, 1.165) is 12.1 Å². The minimum atomic E-state index is 0.403. The zero-order chi connectivity index (χ0) is 17.1. The molecule has 122 valence electrons. The Labute approximate surface area is 137 Å². The number of hydrogen-bond donors (Lipinski definition) is 3. The first-order valence-electron chi connectivity index (χ1n) is 7.37. The second-order valence-electron chi connectivity index (χ2n) is 4.84. The molecule has 23 heavy (non-hydrogen) atoms. The van der Waals surface area contributed by atoms with E-state index in [0.29, 0.717) is 6.41 Å². The normalized spacial score (nSPS) is 9.91. The smallest absolute Gasteiger partial charge is 0.221 e. The SMILES string of the molecule is CCc1cccc(N(C)N)c1/C=C/c1ccccc1.NNC=O. The molecule has 0 aromatic heterocycles. The standard InChI is InChI=1S/C17H20N2.CH4N2O/c1-3-15-10-7-11-17(19(2)18)16(15)13-12-14-8-5-4-6-9-14;2-3-1-4/h4-13H,3,18H2,1-2H3;1H,2H2,(H,3,4)/b13-12+;. The number of benzene rings is 2. The number of anilines is 1. The number of aryl methyl sites for hydroxylation is 1. The van der Waals surface area contributed by atoms with Crippen LogP contribution < -0.4 is 22.1 Å². The third-order valence-electron chi connectivity index (χ3n) is 3.24. The molecule has 0 fully saturated rings. The number of nitrogens with one attached hydrogen (secondary N) is 1. The predicted molar refractivity (Wildman–Crippen MR) is 97.2 cm³/mol. The van der Waals surface area contributed by atoms with Crippen molar-refractivity contribution >= 4 is 24.2 Å². The highest BCUT2D eigenvalue weighted by molar-refractivity contribution is 5.78. The van der Waals surface area contributed by atoms with E-state index in [-0.39, 0.29) is 0 Å². The Morgan fingerprint density at radius 3 is 2.26 bits per heavy atom. The summed E-state index contributed by atoms with van der Waals surface area (Å²) in [5.41, 5.74) is 6.49. The highest BCUT2D eigenvalue weighted by Gasteiger charge is 2.06. The van der Waals surface area contributed by atoms with E-state index in [1.807, 2.05) is 31.3 Å². The quantitative estimate of drug-likeness (QED) is 0.260. The summed E-state index contributed by atoms with van der Waals surface area (Å²) in [5, 5.41) is 1.67. The Morgan fingerprint density at radius 1 is 1.09 bits per heavy atom. The number of nitrogens with two attached hydrogens (primary N) is 2. The van der Waals surface area contributed by atoms with Crippen LogP contribution in [0.2, 0.25) is 0 Å². The van der Waals surface area contributed by atoms with Gasteiger partial charge in [-0.15, -0.1) is 0 Å². The number of carbonyl (C=O) groups is 1. The van der Waals surface area contributed by atoms with Crippen LogP contribution in [-0.2, 0) is 11.2 Å². The molecule has 5 N–H and O–H groups in total. The highest BCUT2D eigenvalue weighted by atomic mass is 16.1. The van der Waals surface area contributed by atoms with Crippen LogP contribution in [0.25, 0.3) is 12.2 Å². The molecule has 0 unspecified atom stereocenters. The van der Waals surface area contributed by atoms with Gasteiger partial charge in [0.15, 0.2) is 0 Å². The van der Waals surface area contributed by atoms with Crippen LogP contribution in [0.15, 0.2) is 48.5 Å². The van der Waals surface area contributed by atoms with Crippen LogP contribution in [0.5, 0.6) is 0 Å². The summed E-state index contributed by atoms with van der Waals surface area (Å²) in [4.78, 5) is 8.94. The van der Waals surface area contributed by atoms with Crippen molar-refractivity contribution in [2.24, 2.45) is 11.7 Å². The van der Waals surface area contributed by atoms with Crippen molar-refractivity contribution in [2.75, 3.05) is 12.1 Å². The first-order valence-corrected chi connectivity index (χ1v) is 7.37. The second kappa shape index (κ2) is 10.2. The molecular formula is C18H24N4O. The molecule has 0 bridgehead atoms. The van der Waals surface area contributed by atoms with Crippen LogP contribution in [0.3, 0.4) is 0 Å². The van der Waals surface area contributed by atoms with Crippen LogP contribution >= 0.6 is 0 Å². The van der Waals surface area contributed by atoms with Gasteiger partial charge in [0.1, 0.15) is 0 Å². The Bertz CT molecular complexity index is 624. The fraction of sp³-hybridized carbons (Fsp3) is 0.167. The monoisotopic (exact) mass is 312 g/mol. The van der Waals surface area contributed by atoms with Gasteiger partial charge in [-0.1, -0.05) is 61.5 Å². The van der Waals surface area contributed by atoms with Crippen molar-refractivity contribution < 1.29 is 4.79 Å². The summed E-state index contributed by atoms with van der Waals surface area (Å²) in [6.07, 6.45) is 5.67. The summed E-state index contributed by atoms with van der Waals surface area (Å²) in [7, 11) is 1.87. The van der Waals surface area contributed by atoms with E-state index >= 15 is 0 Å². The van der Waals surface area contributed by atoms with E-state index in [9.17, 15) is 0 Å². The van der Waals surface area contributed by atoms with Gasteiger partial charge in [-0.2, -0.15) is 0 Å². The van der Waals surface area contributed by atoms with Gasteiger partial charge in [-0.3, -0.25) is 10.2 Å². The van der Waals surface area contributed by atoms with Gasteiger partial charge in [0, 0.05) is 12.6 Å². The average molecular weight is 312 g/mol. The van der Waals surface area contributed by atoms with Gasteiger partial charge in [-0.05, 0) is 23.6 Å². The number of nitrogens with zero attached hydrogens (tertiary/aromatic N) is 1. The first-order chi connectivity index (χ1) is 11.1. The molecule has 0 atom stereocenters. The molecule has 0 saturated carbocycles. The van der Waals surface area contributed by atoms with E-state index in [4.69, 9.17) is 10.6 Å². The summed E-state index contributed by atoms with van der Waals surface area (Å²) < 4.78 is 0. The lowest BCUT2D eigenvalue weighted by Gasteiger charge is -2.17. The Balaban J connectivity index is 0.000000593. The fourth-order valence-corrected chi connectivity index (χ4v) is 2.15. The van der Waals surface area contributed by atoms with E-state index in [2.05, 4.69) is 49.2 Å². The molecule has 2 aromatic carbocycles. The topological polar surface area (TPSA) is 84.4 Å². The van der Waals surface area contributed by atoms with Crippen LogP contribution in [0, 0.1) is 0 Å². The molecule has 5 nitrogen and oxygen atoms in total. The second-order valence-corrected chi connectivity index (χ2v) is 4.84. The lowest BCUT2D eigenvalue weighted by molar-refractivity contribution is -0.109. The maximum Gasteiger partial charge on any atom is 0.221 e. The van der Waals surface area contributed by atoms with Gasteiger partial charge in [0.05, 0.1) is 5.69 Å². The third-order valence-corrected chi connectivity index (χ3v) is 3.24. The maximum atomic E-state index is 8.94. The molecule has 0 heterocycles. The summed E-state index contributed by atoms with van der Waals surface area (Å²) >= 11 is 0. The van der Waals surface area contributed by atoms with Crippen LogP contribution in [0.4, 0.5) is 5.69 Å². The minimum absolute atomic E-state index is 0.403. The molecular weight excluding hydrogens is 288 g/mol. The van der Waals surface area contributed by atoms with Crippen molar-refractivity contribution in [1.82, 2.24) is 5.43 Å². The zero-order valence-electron chi connectivity index (χ0n) is 13.6. The van der Waals surface area contributed by atoms with Crippen molar-refractivity contribution in [3.05, 3.63) is 65.2 Å². The first kappa shape index (κ1) is 18.4. The van der Waals surface area contributed by atoms with Gasteiger partial charge in [-0.25, -0.2) is 11.7 Å². The molecule has 0 aliphatic heterocycles. The van der Waals surface area contributed by atoms with Crippen molar-refractivity contribution in [1.29, 1.82) is 0 Å². The number of rotatable bonds is 5. The molecule has 0 radical (unpaired) electrons. The van der Waals surface area contributed by atoms with Crippen molar-refractivity contribution in [2.45, 2.75) is 13.3 Å². The van der Waals surface area contributed by atoms with Gasteiger partial charge in [0.25, 0.3) is 0 Å². The lowest BCUT2D eigenvalue weighted by Crippen LogP contribution is -2.26. The largest absolute Gasteiger partial charge is 0.314 e. The summed E-state index contributed by atoms with van der Waals surface area (Å²) in [6.45, 7) is 2.16. The molecule has 2 rings (SSSR count). The molecule has 1 amide bonds. The molecule has 0 aliphatic carbocycles. The van der Waals surface area contributed by atoms with Crippen molar-refractivity contribution in [3.8, 4) is 0 Å². The zero-order valence-corrected chi connectivity index (χ0v) is 13.6. The average Bonchev–Trinajstić information content (AvgIpc) is 2.60. The highest BCUT2D eigenvalue weighted by Crippen LogP contribution is 2.24. The Kier molecular flexibility index (Phi) is 8.13. The molecule has 0 saturated heterocycles. The molecule has 0 spiro atoms. The molecule has 5 heteroatoms. The van der Waals surface area contributed by atoms with E-state index in [1.54, 1.807) is 10.4 Å². The molecule has 2 aromatic rings. The predicted octanol–water partition coefficient (Wildman–Crippen LogP) is 2.34. The van der Waals surface area contributed by atoms with Crippen molar-refractivity contribution in [3.63, 3.8) is 0 Å². The number of amides is 1. The minimum Gasteiger partial charge on any atom is -0.314 e. The number of hydrazine groups is 2. The van der Waals surface area contributed by atoms with Crippen LogP contribution in [-0.4, -0.2) is 13.5 Å². The summed E-state index contributed by atoms with van der Waals surface area (Å²) in [6, 6.07) is 16.5. The fourth-order valence-electron chi connectivity index (χ4n) is 2.15. The Morgan fingerprint density at radius 2 is 1.74 bits per heavy atom. The molecule has 0 aliphatic rings. The Hall–Kier alpha value is -2.63.